The maximum atomic E-state index is 12.5. The second-order valence-corrected chi connectivity index (χ2v) is 22.0. The van der Waals surface area contributed by atoms with Crippen molar-refractivity contribution in [2.75, 3.05) is 106 Å². The van der Waals surface area contributed by atoms with Crippen LogP contribution in [0.1, 0.15) is 48.5 Å². The monoisotopic (exact) mass is 1340 g/mol. The zero-order valence-electron chi connectivity index (χ0n) is 53.5. The summed E-state index contributed by atoms with van der Waals surface area (Å²) in [7, 11) is 0. The van der Waals surface area contributed by atoms with Gasteiger partial charge in [0.1, 0.15) is 138 Å². The average molecular weight is 1340 g/mol. The highest BCUT2D eigenvalue weighted by molar-refractivity contribution is 5.89. The third-order valence-corrected chi connectivity index (χ3v) is 12.3. The van der Waals surface area contributed by atoms with Gasteiger partial charge in [0.05, 0.1) is 59.5 Å². The van der Waals surface area contributed by atoms with Crippen LogP contribution in [-0.4, -0.2) is 292 Å². The SMILES string of the molecule is C=C(C)C(=O)OCC(O)COC[C@H]1O[C@H](O[C@H]2[C@H](OCC(O)COC(=O)C(=C)C)[C@@H](OCC(O)COC(=O)C(=C)C)[C@H](OCC(O)COC(=O)C(=C)C)O[C@@H]2COCC(O)COC(=O)C(=C)C)[C@H](OCC(O)COC(=O)C(=C)C)[C@@H](OCC(O)COC(=O)C(=C)C)[C@@H]1O. The highest BCUT2D eigenvalue weighted by Gasteiger charge is 2.55. The summed E-state index contributed by atoms with van der Waals surface area (Å²) in [5, 5.41) is 89.7. The molecule has 2 saturated heterocycles. The number of hydrogen-bond donors (Lipinski definition) is 8. The van der Waals surface area contributed by atoms with E-state index in [1.54, 1.807) is 0 Å². The van der Waals surface area contributed by atoms with Crippen LogP contribution in [0.3, 0.4) is 0 Å². The van der Waals surface area contributed by atoms with Gasteiger partial charge in [0.2, 0.25) is 0 Å². The van der Waals surface area contributed by atoms with Crippen molar-refractivity contribution < 1.29 is 155 Å². The molecule has 0 spiro atoms. The number of ether oxygens (including phenoxy) is 17. The molecule has 0 aromatic heterocycles. The lowest BCUT2D eigenvalue weighted by molar-refractivity contribution is -0.376. The molecule has 0 saturated carbocycles. The van der Waals surface area contributed by atoms with Crippen LogP contribution in [0.2, 0.25) is 0 Å². The van der Waals surface area contributed by atoms with Gasteiger partial charge in [-0.05, 0) is 48.5 Å². The topological polar surface area (TPSA) is 438 Å². The van der Waals surface area contributed by atoms with Gasteiger partial charge in [-0.2, -0.15) is 0 Å². The van der Waals surface area contributed by atoms with Gasteiger partial charge in [0.25, 0.3) is 0 Å². The fourth-order valence-corrected chi connectivity index (χ4v) is 7.47. The average Bonchev–Trinajstić information content (AvgIpc) is 0.898. The number of aliphatic hydroxyl groups is 8. The molecule has 0 aliphatic carbocycles. The highest BCUT2D eigenvalue weighted by Crippen LogP contribution is 2.35. The maximum Gasteiger partial charge on any atom is 0.333 e. The van der Waals surface area contributed by atoms with E-state index in [1.165, 1.54) is 48.5 Å². The summed E-state index contributed by atoms with van der Waals surface area (Å²) in [6.07, 6.45) is -29.5. The Labute approximate surface area is 538 Å². The quantitative estimate of drug-likeness (QED) is 0.0188. The Kier molecular flexibility index (Phi) is 38.3. The van der Waals surface area contributed by atoms with E-state index in [0.29, 0.717) is 0 Å². The molecule has 2 rings (SSSR count). The minimum absolute atomic E-state index is 0.00697. The first-order valence-corrected chi connectivity index (χ1v) is 29.1. The molecule has 2 aliphatic rings. The van der Waals surface area contributed by atoms with Gasteiger partial charge in [-0.15, -0.1) is 0 Å². The van der Waals surface area contributed by atoms with Crippen molar-refractivity contribution in [1.82, 2.24) is 0 Å². The minimum atomic E-state index is -2.03. The van der Waals surface area contributed by atoms with Crippen molar-refractivity contribution >= 4 is 41.8 Å². The smallest absolute Gasteiger partial charge is 0.333 e. The lowest BCUT2D eigenvalue weighted by Crippen LogP contribution is -2.67. The lowest BCUT2D eigenvalue weighted by Gasteiger charge is -2.50. The molecule has 0 aromatic carbocycles. The van der Waals surface area contributed by atoms with E-state index in [4.69, 9.17) is 80.5 Å². The molecule has 528 valence electrons. The van der Waals surface area contributed by atoms with Crippen LogP contribution >= 0.6 is 0 Å². The second-order valence-electron chi connectivity index (χ2n) is 22.0. The molecular formula is C61H92O32. The van der Waals surface area contributed by atoms with Crippen LogP contribution in [0.25, 0.3) is 0 Å². The van der Waals surface area contributed by atoms with E-state index in [9.17, 15) is 74.4 Å². The molecule has 32 nitrogen and oxygen atoms in total. The van der Waals surface area contributed by atoms with Gasteiger partial charge in [0, 0.05) is 39.0 Å². The summed E-state index contributed by atoms with van der Waals surface area (Å²) in [4.78, 5) is 86.3. The van der Waals surface area contributed by atoms with Crippen molar-refractivity contribution in [2.45, 2.75) is 153 Å². The van der Waals surface area contributed by atoms with E-state index in [1.807, 2.05) is 0 Å². The molecule has 0 amide bonds. The van der Waals surface area contributed by atoms with Crippen LogP contribution in [0, 0.1) is 0 Å². The number of aliphatic hydroxyl groups excluding tert-OH is 8. The Hall–Kier alpha value is -6.25. The summed E-state index contributed by atoms with van der Waals surface area (Å²) in [5.74, 6) is -6.13. The van der Waals surface area contributed by atoms with E-state index in [2.05, 4.69) is 46.1 Å². The first-order chi connectivity index (χ1) is 43.6. The van der Waals surface area contributed by atoms with Crippen molar-refractivity contribution in [1.29, 1.82) is 0 Å². The van der Waals surface area contributed by atoms with E-state index in [-0.39, 0.29) is 39.0 Å². The summed E-state index contributed by atoms with van der Waals surface area (Å²) in [5.41, 5.74) is -0.0959. The molecular weight excluding hydrogens is 1240 g/mol. The molecule has 2 fully saturated rings. The predicted molar refractivity (Wildman–Crippen MR) is 317 cm³/mol. The molecule has 17 atom stereocenters. The number of hydrogen-bond acceptors (Lipinski definition) is 32. The van der Waals surface area contributed by atoms with Gasteiger partial charge in [0.15, 0.2) is 12.6 Å². The van der Waals surface area contributed by atoms with Crippen LogP contribution in [0.15, 0.2) is 85.1 Å². The van der Waals surface area contributed by atoms with E-state index < -0.39 is 252 Å². The molecule has 2 aliphatic heterocycles. The molecule has 0 radical (unpaired) electrons. The zero-order chi connectivity index (χ0) is 70.2. The molecule has 0 aromatic rings. The minimum Gasteiger partial charge on any atom is -0.460 e. The Balaban J connectivity index is 3.06. The van der Waals surface area contributed by atoms with Crippen LogP contribution < -0.4 is 0 Å². The first-order valence-electron chi connectivity index (χ1n) is 29.1. The van der Waals surface area contributed by atoms with Crippen LogP contribution in [0.4, 0.5) is 0 Å². The number of esters is 7. The second kappa shape index (κ2) is 42.9. The van der Waals surface area contributed by atoms with Crippen LogP contribution in [0.5, 0.6) is 0 Å². The first kappa shape index (κ1) is 82.8. The summed E-state index contributed by atoms with van der Waals surface area (Å²) >= 11 is 0. The summed E-state index contributed by atoms with van der Waals surface area (Å²) in [6, 6.07) is 0. The molecule has 8 N–H and O–H groups in total. The third-order valence-electron chi connectivity index (χ3n) is 12.3. The summed E-state index contributed by atoms with van der Waals surface area (Å²) < 4.78 is 98.3. The predicted octanol–water partition coefficient (Wildman–Crippen LogP) is -1.87. The molecule has 7 unspecified atom stereocenters. The molecule has 93 heavy (non-hydrogen) atoms. The maximum absolute atomic E-state index is 12.5. The van der Waals surface area contributed by atoms with Gasteiger partial charge < -0.3 is 121 Å². The lowest BCUT2D eigenvalue weighted by atomic mass is 9.96. The Morgan fingerprint density at radius 3 is 0.849 bits per heavy atom. The van der Waals surface area contributed by atoms with Gasteiger partial charge in [-0.1, -0.05) is 46.1 Å². The zero-order valence-corrected chi connectivity index (χ0v) is 53.5. The fourth-order valence-electron chi connectivity index (χ4n) is 7.47. The van der Waals surface area contributed by atoms with Crippen molar-refractivity contribution in [3.63, 3.8) is 0 Å². The largest absolute Gasteiger partial charge is 0.460 e. The number of carbonyl (C=O) groups excluding carboxylic acids is 7. The fraction of sp³-hybridized carbons (Fsp3) is 0.656. The third kappa shape index (κ3) is 31.7. The number of rotatable bonds is 46. The van der Waals surface area contributed by atoms with E-state index >= 15 is 0 Å². The van der Waals surface area contributed by atoms with Gasteiger partial charge in [-0.3, -0.25) is 0 Å². The van der Waals surface area contributed by atoms with Crippen molar-refractivity contribution in [3.8, 4) is 0 Å². The van der Waals surface area contributed by atoms with E-state index in [0.717, 1.165) is 0 Å². The number of carbonyl (C=O) groups is 7. The Bertz CT molecular complexity index is 2510. The summed E-state index contributed by atoms with van der Waals surface area (Å²) in [6.45, 7) is 22.9. The highest BCUT2D eigenvalue weighted by atomic mass is 16.8. The molecule has 0 bridgehead atoms. The van der Waals surface area contributed by atoms with Gasteiger partial charge in [-0.25, -0.2) is 33.6 Å². The Morgan fingerprint density at radius 2 is 0.548 bits per heavy atom. The van der Waals surface area contributed by atoms with Crippen molar-refractivity contribution in [3.05, 3.63) is 85.1 Å². The van der Waals surface area contributed by atoms with Crippen molar-refractivity contribution in [2.24, 2.45) is 0 Å². The normalized spacial score (nSPS) is 23.4. The Morgan fingerprint density at radius 1 is 0.312 bits per heavy atom. The standard InChI is InChI=1S/C61H92O32/c1-31(2)53(70)83-21-38(62)15-77-29-45-47(69)49(79-17-40(64)23-85-55(72)33(5)6)51(81-19-42(66)25-87-57(74)35(9)10)61(91-45)93-48-46(30-78-16-39(63)22-84-54(71)32(3)4)92-60(90-28-44(68)27-89-59(76)37(13)14)52(82-20-43(67)26-88-58(75)36(11)12)50(48)80-18-41(65)24-86-56(73)34(7)8/h38-52,60-69H,1,3,5,7,9,11,13,15-30H2,2,4,6,8,10,12,14H3/t38?,39?,40?,41?,42?,43?,44?,45-,46-,47-,48-,49+,50+,51-,52-,60-,61-/m1/s1. The van der Waals surface area contributed by atoms with Gasteiger partial charge >= 0.3 is 41.8 Å². The molecule has 32 heteroatoms. The van der Waals surface area contributed by atoms with Crippen LogP contribution in [-0.2, 0) is 114 Å². The molecule has 2 heterocycles.